The van der Waals surface area contributed by atoms with Gasteiger partial charge in [-0.15, -0.1) is 0 Å². The average Bonchev–Trinajstić information content (AvgIpc) is 3.35. The molecule has 25 heavy (non-hydrogen) atoms. The van der Waals surface area contributed by atoms with Gasteiger partial charge in [0, 0.05) is 30.9 Å². The molecule has 1 aliphatic rings. The molecule has 0 aromatic carbocycles. The lowest BCUT2D eigenvalue weighted by Crippen LogP contribution is -2.30. The minimum atomic E-state index is -0.568. The molecular weight excluding hydrogens is 320 g/mol. The van der Waals surface area contributed by atoms with Gasteiger partial charge in [0.05, 0.1) is 19.0 Å². The van der Waals surface area contributed by atoms with Crippen LogP contribution in [0.3, 0.4) is 0 Å². The number of likely N-dealkylation sites (tertiary alicyclic amines) is 1. The van der Waals surface area contributed by atoms with Crippen molar-refractivity contribution in [1.82, 2.24) is 19.8 Å². The standard InChI is InChI=1S/C18H22N4O3/c1-21-11-13(10-19-21)16-9-15(25-20-16)12-22-6-2-4-14(22)8-17(23)18-5-3-7-24-18/h3,5,7,9-11,14,17,23H,2,4,6,8,12H2,1H3. The Morgan fingerprint density at radius 3 is 3.12 bits per heavy atom. The first-order valence-corrected chi connectivity index (χ1v) is 8.59. The Morgan fingerprint density at radius 2 is 2.36 bits per heavy atom. The summed E-state index contributed by atoms with van der Waals surface area (Å²) in [5.41, 5.74) is 1.75. The van der Waals surface area contributed by atoms with Crippen LogP contribution in [-0.2, 0) is 13.6 Å². The van der Waals surface area contributed by atoms with E-state index >= 15 is 0 Å². The number of aliphatic hydroxyl groups excluding tert-OH is 1. The third-order valence-corrected chi connectivity index (χ3v) is 4.78. The van der Waals surface area contributed by atoms with Gasteiger partial charge in [0.1, 0.15) is 17.6 Å². The maximum Gasteiger partial charge on any atom is 0.151 e. The second-order valence-corrected chi connectivity index (χ2v) is 6.61. The van der Waals surface area contributed by atoms with Crippen LogP contribution in [0, 0.1) is 0 Å². The highest BCUT2D eigenvalue weighted by Crippen LogP contribution is 2.29. The normalized spacial score (nSPS) is 19.5. The molecule has 1 fully saturated rings. The van der Waals surface area contributed by atoms with Crippen molar-refractivity contribution in [2.24, 2.45) is 7.05 Å². The van der Waals surface area contributed by atoms with Gasteiger partial charge in [0.25, 0.3) is 0 Å². The minimum absolute atomic E-state index is 0.312. The Balaban J connectivity index is 1.40. The molecule has 0 amide bonds. The van der Waals surface area contributed by atoms with Gasteiger partial charge in [-0.1, -0.05) is 5.16 Å². The molecule has 1 aliphatic heterocycles. The Bertz CT molecular complexity index is 808. The highest BCUT2D eigenvalue weighted by Gasteiger charge is 2.29. The number of aromatic nitrogens is 3. The Morgan fingerprint density at radius 1 is 1.44 bits per heavy atom. The van der Waals surface area contributed by atoms with E-state index < -0.39 is 6.10 Å². The van der Waals surface area contributed by atoms with Gasteiger partial charge in [-0.25, -0.2) is 0 Å². The van der Waals surface area contributed by atoms with Crippen molar-refractivity contribution in [3.05, 3.63) is 48.4 Å². The Hall–Kier alpha value is -2.38. The van der Waals surface area contributed by atoms with E-state index in [1.807, 2.05) is 25.4 Å². The van der Waals surface area contributed by atoms with E-state index in [4.69, 9.17) is 8.94 Å². The van der Waals surface area contributed by atoms with Gasteiger partial charge in [0.15, 0.2) is 5.76 Å². The SMILES string of the molecule is Cn1cc(-c2cc(CN3CCCC3CC(O)c3ccco3)on2)cn1. The fourth-order valence-electron chi connectivity index (χ4n) is 3.50. The van der Waals surface area contributed by atoms with E-state index in [1.165, 1.54) is 0 Å². The van der Waals surface area contributed by atoms with Crippen molar-refractivity contribution in [1.29, 1.82) is 0 Å². The van der Waals surface area contributed by atoms with Crippen LogP contribution in [0.5, 0.6) is 0 Å². The number of rotatable bonds is 6. The summed E-state index contributed by atoms with van der Waals surface area (Å²) in [5, 5.41) is 18.7. The molecule has 0 spiro atoms. The summed E-state index contributed by atoms with van der Waals surface area (Å²) in [6.45, 7) is 1.70. The largest absolute Gasteiger partial charge is 0.467 e. The maximum absolute atomic E-state index is 10.3. The van der Waals surface area contributed by atoms with Gasteiger partial charge >= 0.3 is 0 Å². The third-order valence-electron chi connectivity index (χ3n) is 4.78. The molecule has 1 N–H and O–H groups in total. The molecule has 1 saturated heterocycles. The first kappa shape index (κ1) is 16.1. The molecule has 4 rings (SSSR count). The van der Waals surface area contributed by atoms with Crippen LogP contribution in [-0.4, -0.2) is 37.5 Å². The van der Waals surface area contributed by atoms with Crippen molar-refractivity contribution in [3.63, 3.8) is 0 Å². The van der Waals surface area contributed by atoms with Crippen LogP contribution in [0.25, 0.3) is 11.3 Å². The quantitative estimate of drug-likeness (QED) is 0.742. The highest BCUT2D eigenvalue weighted by molar-refractivity contribution is 5.56. The molecule has 7 nitrogen and oxygen atoms in total. The summed E-state index contributed by atoms with van der Waals surface area (Å²) >= 11 is 0. The lowest BCUT2D eigenvalue weighted by atomic mass is 10.1. The number of hydrogen-bond donors (Lipinski definition) is 1. The van der Waals surface area contributed by atoms with Crippen LogP contribution in [0.4, 0.5) is 0 Å². The van der Waals surface area contributed by atoms with Crippen LogP contribution in [0.1, 0.15) is 36.9 Å². The van der Waals surface area contributed by atoms with Crippen molar-refractivity contribution in [3.8, 4) is 11.3 Å². The van der Waals surface area contributed by atoms with Crippen molar-refractivity contribution in [2.75, 3.05) is 6.54 Å². The van der Waals surface area contributed by atoms with Crippen LogP contribution < -0.4 is 0 Å². The molecule has 0 bridgehead atoms. The zero-order valence-corrected chi connectivity index (χ0v) is 14.2. The lowest BCUT2D eigenvalue weighted by Gasteiger charge is -2.24. The van der Waals surface area contributed by atoms with E-state index in [-0.39, 0.29) is 0 Å². The first-order chi connectivity index (χ1) is 12.2. The molecule has 2 unspecified atom stereocenters. The van der Waals surface area contributed by atoms with Crippen molar-refractivity contribution < 1.29 is 14.0 Å². The predicted molar refractivity (Wildman–Crippen MR) is 90.4 cm³/mol. The molecule has 0 saturated carbocycles. The number of nitrogens with zero attached hydrogens (tertiary/aromatic N) is 4. The van der Waals surface area contributed by atoms with Crippen molar-refractivity contribution in [2.45, 2.75) is 38.0 Å². The molecule has 0 radical (unpaired) electrons. The monoisotopic (exact) mass is 342 g/mol. The van der Waals surface area contributed by atoms with E-state index in [9.17, 15) is 5.11 Å². The maximum atomic E-state index is 10.3. The van der Waals surface area contributed by atoms with Crippen LogP contribution in [0.2, 0.25) is 0 Å². The smallest absolute Gasteiger partial charge is 0.151 e. The highest BCUT2D eigenvalue weighted by atomic mass is 16.5. The number of hydrogen-bond acceptors (Lipinski definition) is 6. The number of aryl methyl sites for hydroxylation is 1. The fourth-order valence-corrected chi connectivity index (χ4v) is 3.50. The molecule has 2 atom stereocenters. The van der Waals surface area contributed by atoms with E-state index in [1.54, 1.807) is 23.2 Å². The summed E-state index contributed by atoms with van der Waals surface area (Å²) < 4.78 is 12.6. The Kier molecular flexibility index (Phi) is 4.42. The van der Waals surface area contributed by atoms with E-state index in [0.29, 0.717) is 24.8 Å². The summed E-state index contributed by atoms with van der Waals surface area (Å²) in [5.74, 6) is 1.46. The molecule has 3 aromatic rings. The van der Waals surface area contributed by atoms with Gasteiger partial charge in [-0.05, 0) is 37.9 Å². The fraction of sp³-hybridized carbons (Fsp3) is 0.444. The molecule has 0 aliphatic carbocycles. The lowest BCUT2D eigenvalue weighted by molar-refractivity contribution is 0.0962. The zero-order chi connectivity index (χ0) is 17.2. The summed E-state index contributed by atoms with van der Waals surface area (Å²) in [6, 6.07) is 5.90. The Labute approximate surface area is 145 Å². The molecular formula is C18H22N4O3. The van der Waals surface area contributed by atoms with Crippen LogP contribution >= 0.6 is 0 Å². The zero-order valence-electron chi connectivity index (χ0n) is 14.2. The predicted octanol–water partition coefficient (Wildman–Crippen LogP) is 2.76. The van der Waals surface area contributed by atoms with Gasteiger partial charge in [0.2, 0.25) is 0 Å². The number of aliphatic hydroxyl groups is 1. The topological polar surface area (TPSA) is 80.5 Å². The van der Waals surface area contributed by atoms with Gasteiger partial charge < -0.3 is 14.0 Å². The molecule has 132 valence electrons. The summed E-state index contributed by atoms with van der Waals surface area (Å²) in [4.78, 5) is 2.35. The molecule has 7 heteroatoms. The number of furan rings is 1. The minimum Gasteiger partial charge on any atom is -0.467 e. The van der Waals surface area contributed by atoms with Crippen molar-refractivity contribution >= 4 is 0 Å². The first-order valence-electron chi connectivity index (χ1n) is 8.59. The van der Waals surface area contributed by atoms with E-state index in [2.05, 4.69) is 15.2 Å². The second kappa shape index (κ2) is 6.85. The average molecular weight is 342 g/mol. The van der Waals surface area contributed by atoms with E-state index in [0.717, 1.165) is 36.4 Å². The second-order valence-electron chi connectivity index (χ2n) is 6.61. The summed E-state index contributed by atoms with van der Waals surface area (Å²) in [7, 11) is 1.88. The van der Waals surface area contributed by atoms with Gasteiger partial charge in [-0.2, -0.15) is 5.10 Å². The molecule has 3 aromatic heterocycles. The van der Waals surface area contributed by atoms with Gasteiger partial charge in [-0.3, -0.25) is 9.58 Å². The summed E-state index contributed by atoms with van der Waals surface area (Å²) in [6.07, 6.45) is 7.58. The molecule has 4 heterocycles. The third kappa shape index (κ3) is 3.52. The van der Waals surface area contributed by atoms with Crippen LogP contribution in [0.15, 0.2) is 45.8 Å².